The molecule has 1 aliphatic rings. The fraction of sp³-hybridized carbons (Fsp3) is 0.222. The summed E-state index contributed by atoms with van der Waals surface area (Å²) in [6, 6.07) is 66.9. The molecule has 0 radical (unpaired) electrons. The summed E-state index contributed by atoms with van der Waals surface area (Å²) in [5.74, 6) is 3.60. The van der Waals surface area contributed by atoms with Gasteiger partial charge in [0, 0.05) is 96.1 Å². The summed E-state index contributed by atoms with van der Waals surface area (Å²) < 4.78 is 39.0. The summed E-state index contributed by atoms with van der Waals surface area (Å²) in [6.45, 7) is 6.13. The third-order valence-corrected chi connectivity index (χ3v) is 17.1. The van der Waals surface area contributed by atoms with Gasteiger partial charge in [-0.3, -0.25) is 59.6 Å². The Kier molecular flexibility index (Phi) is 22.2. The van der Waals surface area contributed by atoms with Gasteiger partial charge in [-0.25, -0.2) is 0 Å². The van der Waals surface area contributed by atoms with E-state index in [2.05, 4.69) is 99.2 Å². The Labute approximate surface area is 578 Å². The van der Waals surface area contributed by atoms with E-state index in [0.29, 0.717) is 113 Å². The normalized spacial score (nSPS) is 11.8. The van der Waals surface area contributed by atoms with E-state index in [1.807, 2.05) is 183 Å². The van der Waals surface area contributed by atoms with E-state index in [1.54, 1.807) is 21.3 Å². The van der Waals surface area contributed by atoms with E-state index in [9.17, 15) is 0 Å². The molecule has 9 aromatic heterocycles. The van der Waals surface area contributed by atoms with E-state index >= 15 is 0 Å². The Hall–Kier alpha value is -11.3. The van der Waals surface area contributed by atoms with Gasteiger partial charge in [0.25, 0.3) is 0 Å². The van der Waals surface area contributed by atoms with Crippen LogP contribution >= 0.6 is 0 Å². The average Bonchev–Trinajstić information content (AvgIpc) is 1.73. The molecule has 3 aromatic carbocycles. The zero-order valence-corrected chi connectivity index (χ0v) is 55.9. The molecule has 498 valence electrons. The van der Waals surface area contributed by atoms with E-state index in [1.165, 1.54) is 0 Å². The molecule has 0 saturated heterocycles. The lowest BCUT2D eigenvalue weighted by molar-refractivity contribution is 0.237. The van der Waals surface area contributed by atoms with Crippen LogP contribution in [0.2, 0.25) is 0 Å². The third-order valence-electron chi connectivity index (χ3n) is 17.1. The van der Waals surface area contributed by atoms with E-state index in [0.717, 1.165) is 102 Å². The summed E-state index contributed by atoms with van der Waals surface area (Å²) >= 11 is 0. The highest BCUT2D eigenvalue weighted by Gasteiger charge is 2.24. The zero-order valence-electron chi connectivity index (χ0n) is 55.9. The molecule has 1 aliphatic carbocycles. The van der Waals surface area contributed by atoms with Crippen molar-refractivity contribution in [3.63, 3.8) is 0 Å². The SMILES string of the molecule is COc1cc2c(cc1OCc1cccc(CN(Cc3ccccn3)Cc3ccccn3)n1)Cc1cc(OC)c(OCc3cccc(CN(Cc4ccccn4)Cc4ccccn4)n3)cc1Cc1cc(OC)c(OCc3cccc(CN(Cc4ccccn4)Cc4ccccn4)n3)cc1C2. The maximum atomic E-state index is 6.79. The second kappa shape index (κ2) is 33.1. The van der Waals surface area contributed by atoms with Gasteiger partial charge in [0.15, 0.2) is 34.5 Å². The topological polar surface area (TPSA) is 181 Å². The molecule has 0 unspecified atom stereocenters. The lowest BCUT2D eigenvalue weighted by atomic mass is 9.94. The number of hydrogen-bond acceptors (Lipinski definition) is 18. The van der Waals surface area contributed by atoms with E-state index in [-0.39, 0.29) is 19.8 Å². The third kappa shape index (κ3) is 18.4. The molecule has 0 spiro atoms. The van der Waals surface area contributed by atoms with Crippen molar-refractivity contribution in [2.75, 3.05) is 21.3 Å². The molecule has 0 fully saturated rings. The largest absolute Gasteiger partial charge is 0.493 e. The summed E-state index contributed by atoms with van der Waals surface area (Å²) in [6.07, 6.45) is 12.6. The Balaban J connectivity index is 0.791. The van der Waals surface area contributed by atoms with Crippen LogP contribution in [0.3, 0.4) is 0 Å². The molecule has 99 heavy (non-hydrogen) atoms. The van der Waals surface area contributed by atoms with Crippen LogP contribution in [-0.2, 0) is 98.0 Å². The Morgan fingerprint density at radius 3 is 0.657 bits per heavy atom. The molecule has 13 rings (SSSR count). The standard InChI is InChI=1S/C81H78N12O6/c1-94-76-40-58-37-62-44-80(98-56-74-29-17-26-71(89-74)53-92(48-66-21-6-12-33-84-66)49-67-22-7-13-34-85-67)78(96-3)42-60(62)39-63-45-81(99-57-75-30-18-27-72(90-75)54-93(50-68-23-8-14-35-86-68)51-69-24-9-15-36-87-69)77(95-2)41-59(63)38-61(58)43-79(76)97-55-73-28-16-25-70(88-73)52-91(46-64-19-4-10-31-82-64)47-65-20-5-11-32-83-65/h4-36,40-45H,37-39,46-57H2,1-3H3. The van der Waals surface area contributed by atoms with Crippen LogP contribution in [0.1, 0.15) is 102 Å². The highest BCUT2D eigenvalue weighted by atomic mass is 16.5. The monoisotopic (exact) mass is 1310 g/mol. The number of rotatable bonds is 30. The maximum Gasteiger partial charge on any atom is 0.162 e. The molecule has 0 saturated carbocycles. The number of benzene rings is 3. The quantitative estimate of drug-likeness (QED) is 0.0414. The number of ether oxygens (including phenoxy) is 6. The van der Waals surface area contributed by atoms with Gasteiger partial charge >= 0.3 is 0 Å². The van der Waals surface area contributed by atoms with Crippen molar-refractivity contribution in [2.24, 2.45) is 0 Å². The number of nitrogens with zero attached hydrogens (tertiary/aromatic N) is 12. The first kappa shape index (κ1) is 66.3. The second-order valence-corrected chi connectivity index (χ2v) is 24.4. The van der Waals surface area contributed by atoms with Crippen LogP contribution in [0.15, 0.2) is 237 Å². The lowest BCUT2D eigenvalue weighted by Crippen LogP contribution is -2.24. The average molecular weight is 1320 g/mol. The molecule has 18 heteroatoms. The van der Waals surface area contributed by atoms with Crippen molar-refractivity contribution in [1.29, 1.82) is 0 Å². The lowest BCUT2D eigenvalue weighted by Gasteiger charge is -2.22. The van der Waals surface area contributed by atoms with Crippen LogP contribution < -0.4 is 28.4 Å². The van der Waals surface area contributed by atoms with Crippen molar-refractivity contribution in [1.82, 2.24) is 59.6 Å². The molecule has 0 atom stereocenters. The summed E-state index contributed by atoms with van der Waals surface area (Å²) in [5.41, 5.74) is 17.2. The van der Waals surface area contributed by atoms with Crippen LogP contribution in [0, 0.1) is 0 Å². The van der Waals surface area contributed by atoms with Gasteiger partial charge in [-0.15, -0.1) is 0 Å². The fourth-order valence-corrected chi connectivity index (χ4v) is 12.4. The summed E-state index contributed by atoms with van der Waals surface area (Å²) in [4.78, 5) is 50.1. The molecule has 9 heterocycles. The van der Waals surface area contributed by atoms with Gasteiger partial charge in [-0.05, 0) is 198 Å². The number of aromatic nitrogens is 9. The van der Waals surface area contributed by atoms with Crippen molar-refractivity contribution in [2.45, 2.75) is 98.0 Å². The van der Waals surface area contributed by atoms with Crippen molar-refractivity contribution < 1.29 is 28.4 Å². The molecular formula is C81H78N12O6. The molecule has 0 aliphatic heterocycles. The summed E-state index contributed by atoms with van der Waals surface area (Å²) in [7, 11) is 5.05. The second-order valence-electron chi connectivity index (χ2n) is 24.4. The van der Waals surface area contributed by atoms with Gasteiger partial charge in [-0.1, -0.05) is 54.6 Å². The number of pyridine rings is 9. The van der Waals surface area contributed by atoms with Crippen molar-refractivity contribution in [3.05, 3.63) is 339 Å². The minimum Gasteiger partial charge on any atom is -0.493 e. The minimum absolute atomic E-state index is 0.205. The highest BCUT2D eigenvalue weighted by molar-refractivity contribution is 5.58. The first-order valence-electron chi connectivity index (χ1n) is 33.2. The molecule has 12 aromatic rings. The first-order valence-corrected chi connectivity index (χ1v) is 33.2. The van der Waals surface area contributed by atoms with Crippen molar-refractivity contribution in [3.8, 4) is 34.5 Å². The van der Waals surface area contributed by atoms with Crippen molar-refractivity contribution >= 4 is 0 Å². The van der Waals surface area contributed by atoms with E-state index < -0.39 is 0 Å². The Bertz CT molecular complexity index is 3980. The number of hydrogen-bond donors (Lipinski definition) is 0. The Morgan fingerprint density at radius 1 is 0.242 bits per heavy atom. The number of methoxy groups -OCH3 is 3. The highest BCUT2D eigenvalue weighted by Crippen LogP contribution is 2.42. The molecule has 0 N–H and O–H groups in total. The van der Waals surface area contributed by atoms with E-state index in [4.69, 9.17) is 43.4 Å². The van der Waals surface area contributed by atoms with Crippen LogP contribution in [0.5, 0.6) is 34.5 Å². The predicted octanol–water partition coefficient (Wildman–Crippen LogP) is 13.7. The fourth-order valence-electron chi connectivity index (χ4n) is 12.4. The van der Waals surface area contributed by atoms with Gasteiger partial charge < -0.3 is 28.4 Å². The molecule has 0 bridgehead atoms. The van der Waals surface area contributed by atoms with Gasteiger partial charge in [0.2, 0.25) is 0 Å². The smallest absolute Gasteiger partial charge is 0.162 e. The molecule has 18 nitrogen and oxygen atoms in total. The summed E-state index contributed by atoms with van der Waals surface area (Å²) in [5, 5.41) is 0. The van der Waals surface area contributed by atoms with Gasteiger partial charge in [0.1, 0.15) is 19.8 Å². The maximum absolute atomic E-state index is 6.79. The van der Waals surface area contributed by atoms with Gasteiger partial charge in [0.05, 0.1) is 89.7 Å². The van der Waals surface area contributed by atoms with Crippen LogP contribution in [0.25, 0.3) is 0 Å². The van der Waals surface area contributed by atoms with Gasteiger partial charge in [-0.2, -0.15) is 0 Å². The Morgan fingerprint density at radius 2 is 0.444 bits per heavy atom. The molecule has 0 amide bonds. The minimum atomic E-state index is 0.205. The number of fused-ring (bicyclic) bond motifs is 3. The predicted molar refractivity (Wildman–Crippen MR) is 377 cm³/mol. The zero-order chi connectivity index (χ0) is 67.4. The van der Waals surface area contributed by atoms with Crippen LogP contribution in [0.4, 0.5) is 0 Å². The molecular weight excluding hydrogens is 1240 g/mol. The first-order chi connectivity index (χ1) is 48.8. The van der Waals surface area contributed by atoms with Crippen LogP contribution in [-0.4, -0.2) is 80.9 Å².